The van der Waals surface area contributed by atoms with E-state index in [-0.39, 0.29) is 28.9 Å². The number of anilines is 1. The van der Waals surface area contributed by atoms with Gasteiger partial charge in [-0.3, -0.25) is 14.9 Å². The summed E-state index contributed by atoms with van der Waals surface area (Å²) in [6.07, 6.45) is 4.01. The first-order valence-corrected chi connectivity index (χ1v) is 6.98. The van der Waals surface area contributed by atoms with E-state index in [2.05, 4.69) is 5.32 Å². The summed E-state index contributed by atoms with van der Waals surface area (Å²) < 4.78 is 4.86. The van der Waals surface area contributed by atoms with Gasteiger partial charge in [-0.2, -0.15) is 0 Å². The van der Waals surface area contributed by atoms with Crippen LogP contribution >= 0.6 is 0 Å². The number of nitrogens with zero attached hydrogens (tertiary/aromatic N) is 1. The molecule has 22 heavy (non-hydrogen) atoms. The SMILES string of the molecule is Nc1ccc([N+](=O)[O-])cc1C(=O)OCC(=O)NC1CCCC1. The largest absolute Gasteiger partial charge is 0.452 e. The van der Waals surface area contributed by atoms with Crippen molar-refractivity contribution in [3.63, 3.8) is 0 Å². The van der Waals surface area contributed by atoms with Crippen molar-refractivity contribution < 1.29 is 19.2 Å². The average molecular weight is 307 g/mol. The zero-order chi connectivity index (χ0) is 16.1. The molecule has 8 heteroatoms. The molecule has 0 aromatic heterocycles. The summed E-state index contributed by atoms with van der Waals surface area (Å²) in [6, 6.07) is 3.62. The molecule has 0 bridgehead atoms. The van der Waals surface area contributed by atoms with E-state index in [1.807, 2.05) is 0 Å². The van der Waals surface area contributed by atoms with Gasteiger partial charge in [0.1, 0.15) is 0 Å². The minimum Gasteiger partial charge on any atom is -0.452 e. The standard InChI is InChI=1S/C14H17N3O5/c15-12-6-5-10(17(20)21)7-11(12)14(19)22-8-13(18)16-9-3-1-2-4-9/h5-7,9H,1-4,8,15H2,(H,16,18). The number of benzene rings is 1. The Bertz CT molecular complexity index is 596. The summed E-state index contributed by atoms with van der Waals surface area (Å²) in [4.78, 5) is 33.6. The van der Waals surface area contributed by atoms with Crippen LogP contribution in [0.1, 0.15) is 36.0 Å². The Morgan fingerprint density at radius 2 is 2.05 bits per heavy atom. The number of amides is 1. The molecule has 1 aliphatic rings. The first-order valence-electron chi connectivity index (χ1n) is 6.98. The molecule has 1 saturated carbocycles. The van der Waals surface area contributed by atoms with E-state index >= 15 is 0 Å². The van der Waals surface area contributed by atoms with E-state index in [1.165, 1.54) is 12.1 Å². The van der Waals surface area contributed by atoms with E-state index < -0.39 is 17.5 Å². The van der Waals surface area contributed by atoms with Crippen LogP contribution in [0.4, 0.5) is 11.4 Å². The summed E-state index contributed by atoms with van der Waals surface area (Å²) in [7, 11) is 0. The molecule has 0 spiro atoms. The van der Waals surface area contributed by atoms with Gasteiger partial charge in [-0.1, -0.05) is 12.8 Å². The number of nitro benzene ring substituents is 1. The molecule has 8 nitrogen and oxygen atoms in total. The van der Waals surface area contributed by atoms with Crippen LogP contribution in [-0.4, -0.2) is 29.4 Å². The molecular formula is C14H17N3O5. The number of carbonyl (C=O) groups is 2. The van der Waals surface area contributed by atoms with E-state index in [9.17, 15) is 19.7 Å². The quantitative estimate of drug-likeness (QED) is 0.366. The molecule has 1 fully saturated rings. The van der Waals surface area contributed by atoms with Crippen LogP contribution in [0.3, 0.4) is 0 Å². The second kappa shape index (κ2) is 6.88. The first-order chi connectivity index (χ1) is 10.5. The van der Waals surface area contributed by atoms with Crippen molar-refractivity contribution in [2.24, 2.45) is 0 Å². The van der Waals surface area contributed by atoms with Gasteiger partial charge in [-0.15, -0.1) is 0 Å². The van der Waals surface area contributed by atoms with Gasteiger partial charge in [0, 0.05) is 23.9 Å². The second-order valence-corrected chi connectivity index (χ2v) is 5.15. The molecule has 0 radical (unpaired) electrons. The molecule has 1 aromatic carbocycles. The summed E-state index contributed by atoms with van der Waals surface area (Å²) in [5.74, 6) is -1.24. The fourth-order valence-electron chi connectivity index (χ4n) is 2.38. The van der Waals surface area contributed by atoms with Gasteiger partial charge in [0.2, 0.25) is 0 Å². The maximum absolute atomic E-state index is 11.9. The van der Waals surface area contributed by atoms with Gasteiger partial charge in [0.05, 0.1) is 10.5 Å². The van der Waals surface area contributed by atoms with Crippen LogP contribution in [0.25, 0.3) is 0 Å². The first kappa shape index (κ1) is 15.7. The van der Waals surface area contributed by atoms with Crippen molar-refractivity contribution in [1.29, 1.82) is 0 Å². The average Bonchev–Trinajstić information content (AvgIpc) is 2.97. The van der Waals surface area contributed by atoms with Crippen molar-refractivity contribution in [3.05, 3.63) is 33.9 Å². The molecule has 0 atom stereocenters. The summed E-state index contributed by atoms with van der Waals surface area (Å²) in [6.45, 7) is -0.433. The zero-order valence-electron chi connectivity index (χ0n) is 11.9. The van der Waals surface area contributed by atoms with Crippen LogP contribution in [-0.2, 0) is 9.53 Å². The highest BCUT2D eigenvalue weighted by molar-refractivity contribution is 5.97. The predicted molar refractivity (Wildman–Crippen MR) is 78.2 cm³/mol. The van der Waals surface area contributed by atoms with Crippen LogP contribution in [0, 0.1) is 10.1 Å². The molecule has 1 aliphatic carbocycles. The van der Waals surface area contributed by atoms with Crippen molar-refractivity contribution in [2.45, 2.75) is 31.7 Å². The Morgan fingerprint density at radius 1 is 1.36 bits per heavy atom. The van der Waals surface area contributed by atoms with Crippen molar-refractivity contribution >= 4 is 23.3 Å². The summed E-state index contributed by atoms with van der Waals surface area (Å²) >= 11 is 0. The minimum atomic E-state index is -0.859. The lowest BCUT2D eigenvalue weighted by Gasteiger charge is -2.12. The molecule has 1 aromatic rings. The Labute approximate surface area is 126 Å². The third kappa shape index (κ3) is 3.94. The van der Waals surface area contributed by atoms with Gasteiger partial charge >= 0.3 is 5.97 Å². The topological polar surface area (TPSA) is 125 Å². The number of rotatable bonds is 5. The molecule has 0 heterocycles. The normalized spacial score (nSPS) is 14.5. The van der Waals surface area contributed by atoms with Crippen molar-refractivity contribution in [1.82, 2.24) is 5.32 Å². The number of hydrogen-bond donors (Lipinski definition) is 2. The van der Waals surface area contributed by atoms with Gasteiger partial charge in [-0.25, -0.2) is 4.79 Å². The number of non-ortho nitro benzene ring substituents is 1. The van der Waals surface area contributed by atoms with Gasteiger partial charge < -0.3 is 15.8 Å². The van der Waals surface area contributed by atoms with E-state index in [1.54, 1.807) is 0 Å². The second-order valence-electron chi connectivity index (χ2n) is 5.15. The zero-order valence-corrected chi connectivity index (χ0v) is 11.9. The Kier molecular flexibility index (Phi) is 4.92. The number of nitrogen functional groups attached to an aromatic ring is 1. The Balaban J connectivity index is 1.92. The number of esters is 1. The van der Waals surface area contributed by atoms with Crippen molar-refractivity contribution in [2.75, 3.05) is 12.3 Å². The van der Waals surface area contributed by atoms with Gasteiger partial charge in [0.15, 0.2) is 6.61 Å². The number of hydrogen-bond acceptors (Lipinski definition) is 6. The Morgan fingerprint density at radius 3 is 2.68 bits per heavy atom. The molecule has 3 N–H and O–H groups in total. The smallest absolute Gasteiger partial charge is 0.341 e. The predicted octanol–water partition coefficient (Wildman–Crippen LogP) is 1.39. The highest BCUT2D eigenvalue weighted by atomic mass is 16.6. The number of nitrogens with one attached hydrogen (secondary N) is 1. The minimum absolute atomic E-state index is 0.0619. The number of carbonyl (C=O) groups excluding carboxylic acids is 2. The number of nitro groups is 1. The fourth-order valence-corrected chi connectivity index (χ4v) is 2.38. The molecule has 1 amide bonds. The van der Waals surface area contributed by atoms with Crippen LogP contribution in [0.15, 0.2) is 18.2 Å². The lowest BCUT2D eigenvalue weighted by molar-refractivity contribution is -0.384. The lowest BCUT2D eigenvalue weighted by Crippen LogP contribution is -2.35. The third-order valence-electron chi connectivity index (χ3n) is 3.52. The summed E-state index contributed by atoms with van der Waals surface area (Å²) in [5.41, 5.74) is 5.28. The molecule has 0 unspecified atom stereocenters. The Hall–Kier alpha value is -2.64. The van der Waals surface area contributed by atoms with E-state index in [0.29, 0.717) is 0 Å². The third-order valence-corrected chi connectivity index (χ3v) is 3.52. The van der Waals surface area contributed by atoms with Crippen LogP contribution in [0.2, 0.25) is 0 Å². The highest BCUT2D eigenvalue weighted by Gasteiger charge is 2.20. The van der Waals surface area contributed by atoms with Gasteiger partial charge in [-0.05, 0) is 18.9 Å². The van der Waals surface area contributed by atoms with Crippen LogP contribution in [0.5, 0.6) is 0 Å². The molecular weight excluding hydrogens is 290 g/mol. The van der Waals surface area contributed by atoms with E-state index in [4.69, 9.17) is 10.5 Å². The van der Waals surface area contributed by atoms with Crippen molar-refractivity contribution in [3.8, 4) is 0 Å². The number of nitrogens with two attached hydrogens (primary N) is 1. The molecule has 0 aliphatic heterocycles. The molecule has 2 rings (SSSR count). The number of ether oxygens (including phenoxy) is 1. The lowest BCUT2D eigenvalue weighted by atomic mass is 10.1. The maximum Gasteiger partial charge on any atom is 0.341 e. The highest BCUT2D eigenvalue weighted by Crippen LogP contribution is 2.20. The monoisotopic (exact) mass is 307 g/mol. The fraction of sp³-hybridized carbons (Fsp3) is 0.429. The van der Waals surface area contributed by atoms with Crippen LogP contribution < -0.4 is 11.1 Å². The van der Waals surface area contributed by atoms with E-state index in [0.717, 1.165) is 31.7 Å². The molecule has 118 valence electrons. The maximum atomic E-state index is 11.9. The van der Waals surface area contributed by atoms with Gasteiger partial charge in [0.25, 0.3) is 11.6 Å². The summed E-state index contributed by atoms with van der Waals surface area (Å²) in [5, 5.41) is 13.5. The molecule has 0 saturated heterocycles.